The zero-order valence-corrected chi connectivity index (χ0v) is 14.0. The quantitative estimate of drug-likeness (QED) is 0.832. The van der Waals surface area contributed by atoms with Gasteiger partial charge in [-0.3, -0.25) is 0 Å². The van der Waals surface area contributed by atoms with Crippen LogP contribution in [0.4, 0.5) is 0 Å². The molecule has 0 unspecified atom stereocenters. The summed E-state index contributed by atoms with van der Waals surface area (Å²) in [5.41, 5.74) is 2.05. The van der Waals surface area contributed by atoms with Crippen molar-refractivity contribution in [1.82, 2.24) is 0 Å². The fourth-order valence-electron chi connectivity index (χ4n) is 2.64. The van der Waals surface area contributed by atoms with Gasteiger partial charge in [-0.05, 0) is 29.9 Å². The summed E-state index contributed by atoms with van der Waals surface area (Å²) < 4.78 is 16.4. The van der Waals surface area contributed by atoms with Gasteiger partial charge in [-0.1, -0.05) is 30.3 Å². The van der Waals surface area contributed by atoms with E-state index in [0.29, 0.717) is 11.8 Å². The molecule has 0 atom stereocenters. The molecule has 0 heterocycles. The Morgan fingerprint density at radius 3 is 2.14 bits per heavy atom. The van der Waals surface area contributed by atoms with E-state index in [1.807, 2.05) is 37.3 Å². The van der Waals surface area contributed by atoms with Gasteiger partial charge >= 0.3 is 8.80 Å². The van der Waals surface area contributed by atoms with Gasteiger partial charge in [-0.25, -0.2) is 0 Å². The number of hydrogen-bond donors (Lipinski definition) is 1. The Labute approximate surface area is 126 Å². The molecule has 0 aliphatic rings. The molecule has 0 aliphatic carbocycles. The van der Waals surface area contributed by atoms with Crippen molar-refractivity contribution in [3.63, 3.8) is 0 Å². The third-order valence-corrected chi connectivity index (χ3v) is 6.65. The van der Waals surface area contributed by atoms with Crippen LogP contribution in [0.2, 0.25) is 6.04 Å². The van der Waals surface area contributed by atoms with Gasteiger partial charge in [0.1, 0.15) is 5.75 Å². The number of phenols is 1. The Hall–Kier alpha value is -1.40. The minimum Gasteiger partial charge on any atom is -0.507 e. The molecular weight excluding hydrogens is 284 g/mol. The van der Waals surface area contributed by atoms with Crippen LogP contribution in [0.5, 0.6) is 5.75 Å². The van der Waals surface area contributed by atoms with Gasteiger partial charge in [-0.15, -0.1) is 0 Å². The maximum absolute atomic E-state index is 10.2. The maximum atomic E-state index is 10.2. The van der Waals surface area contributed by atoms with Crippen LogP contribution in [0.25, 0.3) is 10.8 Å². The van der Waals surface area contributed by atoms with Crippen LogP contribution in [0.3, 0.4) is 0 Å². The molecule has 2 rings (SSSR count). The number of rotatable bonds is 6. The lowest BCUT2D eigenvalue weighted by atomic mass is 9.98. The second kappa shape index (κ2) is 6.57. The first-order valence-corrected chi connectivity index (χ1v) is 8.85. The van der Waals surface area contributed by atoms with Crippen LogP contribution in [0.1, 0.15) is 11.1 Å². The highest BCUT2D eigenvalue weighted by Gasteiger charge is 2.37. The van der Waals surface area contributed by atoms with E-state index in [1.54, 1.807) is 21.3 Å². The van der Waals surface area contributed by atoms with Crippen LogP contribution in [-0.2, 0) is 19.7 Å². The van der Waals surface area contributed by atoms with Crippen molar-refractivity contribution in [1.29, 1.82) is 0 Å². The van der Waals surface area contributed by atoms with E-state index in [4.69, 9.17) is 13.3 Å². The second-order valence-corrected chi connectivity index (χ2v) is 8.13. The molecule has 0 saturated carbocycles. The first-order valence-electron chi connectivity index (χ1n) is 6.92. The molecule has 2 aromatic rings. The third kappa shape index (κ3) is 3.11. The van der Waals surface area contributed by atoms with Crippen molar-refractivity contribution in [3.05, 3.63) is 41.5 Å². The molecule has 114 valence electrons. The summed E-state index contributed by atoms with van der Waals surface area (Å²) in [7, 11) is 2.29. The SMILES string of the molecule is CO[Si](CCc1cc(C)c(O)c2ccccc12)(OC)OC. The number of aromatic hydroxyl groups is 1. The first kappa shape index (κ1) is 16.0. The lowest BCUT2D eigenvalue weighted by Crippen LogP contribution is -2.43. The van der Waals surface area contributed by atoms with E-state index in [9.17, 15) is 5.11 Å². The molecular formula is C16H22O4Si. The lowest BCUT2D eigenvalue weighted by Gasteiger charge is -2.24. The zero-order chi connectivity index (χ0) is 15.5. The minimum atomic E-state index is -2.58. The van der Waals surface area contributed by atoms with Crippen LogP contribution in [0.15, 0.2) is 30.3 Å². The fraction of sp³-hybridized carbons (Fsp3) is 0.375. The monoisotopic (exact) mass is 306 g/mol. The summed E-state index contributed by atoms with van der Waals surface area (Å²) in [5, 5.41) is 12.1. The fourth-order valence-corrected chi connectivity index (χ4v) is 4.33. The Morgan fingerprint density at radius 2 is 1.57 bits per heavy atom. The van der Waals surface area contributed by atoms with E-state index in [1.165, 1.54) is 5.56 Å². The van der Waals surface area contributed by atoms with Crippen LogP contribution in [0, 0.1) is 6.92 Å². The van der Waals surface area contributed by atoms with E-state index >= 15 is 0 Å². The van der Waals surface area contributed by atoms with Crippen molar-refractivity contribution in [3.8, 4) is 5.75 Å². The number of hydrogen-bond acceptors (Lipinski definition) is 4. The lowest BCUT2D eigenvalue weighted by molar-refractivity contribution is 0.124. The highest BCUT2D eigenvalue weighted by atomic mass is 28.4. The summed E-state index contributed by atoms with van der Waals surface area (Å²) in [5.74, 6) is 0.350. The van der Waals surface area contributed by atoms with Gasteiger partial charge in [0.2, 0.25) is 0 Å². The van der Waals surface area contributed by atoms with Gasteiger partial charge in [0.15, 0.2) is 0 Å². The Morgan fingerprint density at radius 1 is 1.00 bits per heavy atom. The summed E-state index contributed by atoms with van der Waals surface area (Å²) >= 11 is 0. The molecule has 4 nitrogen and oxygen atoms in total. The largest absolute Gasteiger partial charge is 0.507 e. The van der Waals surface area contributed by atoms with Crippen LogP contribution >= 0.6 is 0 Å². The summed E-state index contributed by atoms with van der Waals surface area (Å²) in [6.07, 6.45) is 0.781. The van der Waals surface area contributed by atoms with Gasteiger partial charge in [0, 0.05) is 32.8 Å². The molecule has 1 N–H and O–H groups in total. The summed E-state index contributed by atoms with van der Waals surface area (Å²) in [6, 6.07) is 10.6. The predicted molar refractivity (Wildman–Crippen MR) is 85.6 cm³/mol. The Bertz CT molecular complexity index is 615. The van der Waals surface area contributed by atoms with Gasteiger partial charge in [0.25, 0.3) is 0 Å². The normalized spacial score (nSPS) is 12.0. The molecule has 0 radical (unpaired) electrons. The van der Waals surface area contributed by atoms with E-state index in [2.05, 4.69) is 0 Å². The third-order valence-electron chi connectivity index (χ3n) is 3.93. The highest BCUT2D eigenvalue weighted by molar-refractivity contribution is 6.60. The van der Waals surface area contributed by atoms with Crippen molar-refractivity contribution in [2.24, 2.45) is 0 Å². The second-order valence-electron chi connectivity index (χ2n) is 5.04. The van der Waals surface area contributed by atoms with Crippen LogP contribution in [-0.4, -0.2) is 35.2 Å². The van der Waals surface area contributed by atoms with Crippen molar-refractivity contribution in [2.75, 3.05) is 21.3 Å². The highest BCUT2D eigenvalue weighted by Crippen LogP contribution is 2.32. The summed E-state index contributed by atoms with van der Waals surface area (Å²) in [6.45, 7) is 1.92. The smallest absolute Gasteiger partial charge is 0.500 e. The van der Waals surface area contributed by atoms with Crippen molar-refractivity contribution >= 4 is 19.6 Å². The molecule has 0 fully saturated rings. The molecule has 0 spiro atoms. The Balaban J connectivity index is 2.37. The van der Waals surface area contributed by atoms with Gasteiger partial charge in [-0.2, -0.15) is 0 Å². The average Bonchev–Trinajstić information content (AvgIpc) is 2.53. The molecule has 0 saturated heterocycles. The minimum absolute atomic E-state index is 0.350. The van der Waals surface area contributed by atoms with E-state index in [0.717, 1.165) is 22.8 Å². The molecule has 0 aromatic heterocycles. The maximum Gasteiger partial charge on any atom is 0.500 e. The standard InChI is InChI=1S/C16H22O4Si/c1-12-11-13(9-10-21(18-2,19-3)20-4)14-7-5-6-8-15(14)16(12)17/h5-8,11,17H,9-10H2,1-4H3. The molecule has 2 aromatic carbocycles. The van der Waals surface area contributed by atoms with E-state index in [-0.39, 0.29) is 0 Å². The number of phenolic OH excluding ortho intramolecular Hbond substituents is 1. The van der Waals surface area contributed by atoms with Gasteiger partial charge < -0.3 is 18.4 Å². The zero-order valence-electron chi connectivity index (χ0n) is 13.0. The molecule has 0 amide bonds. The molecule has 0 bridgehead atoms. The summed E-state index contributed by atoms with van der Waals surface area (Å²) in [4.78, 5) is 0. The first-order chi connectivity index (χ1) is 10.1. The predicted octanol–water partition coefficient (Wildman–Crippen LogP) is 3.27. The van der Waals surface area contributed by atoms with Crippen LogP contribution < -0.4 is 0 Å². The topological polar surface area (TPSA) is 47.9 Å². The van der Waals surface area contributed by atoms with Crippen molar-refractivity contribution in [2.45, 2.75) is 19.4 Å². The number of aryl methyl sites for hydroxylation is 2. The number of benzene rings is 2. The molecule has 21 heavy (non-hydrogen) atoms. The Kier molecular flexibility index (Phi) is 5.00. The molecule has 0 aliphatic heterocycles. The van der Waals surface area contributed by atoms with E-state index < -0.39 is 8.80 Å². The number of fused-ring (bicyclic) bond motifs is 1. The van der Waals surface area contributed by atoms with Crippen molar-refractivity contribution < 1.29 is 18.4 Å². The average molecular weight is 306 g/mol. The molecule has 5 heteroatoms. The van der Waals surface area contributed by atoms with Gasteiger partial charge in [0.05, 0.1) is 0 Å².